The van der Waals surface area contributed by atoms with Gasteiger partial charge in [-0.2, -0.15) is 0 Å². The van der Waals surface area contributed by atoms with E-state index in [-0.39, 0.29) is 23.4 Å². The van der Waals surface area contributed by atoms with E-state index < -0.39 is 10.8 Å². The lowest BCUT2D eigenvalue weighted by Crippen LogP contribution is -2.22. The quantitative estimate of drug-likeness (QED) is 0.524. The van der Waals surface area contributed by atoms with E-state index in [0.29, 0.717) is 11.5 Å². The average molecular weight is 437 g/mol. The molecule has 0 aliphatic heterocycles. The highest BCUT2D eigenvalue weighted by atomic mass is 79.9. The van der Waals surface area contributed by atoms with Crippen molar-refractivity contribution in [2.75, 3.05) is 19.0 Å². The van der Waals surface area contributed by atoms with Gasteiger partial charge in [0.15, 0.2) is 6.61 Å². The minimum absolute atomic E-state index is 0.0845. The topological polar surface area (TPSA) is 90.7 Å². The van der Waals surface area contributed by atoms with Gasteiger partial charge in [-0.25, -0.2) is 0 Å². The maximum atomic E-state index is 12.2. The van der Waals surface area contributed by atoms with Crippen molar-refractivity contribution in [3.8, 4) is 11.5 Å². The molecule has 0 atom stereocenters. The third-order valence-corrected chi connectivity index (χ3v) is 4.28. The third-order valence-electron chi connectivity index (χ3n) is 3.78. The summed E-state index contributed by atoms with van der Waals surface area (Å²) in [7, 11) is 1.41. The standard InChI is InChI=1S/C19H21BrN2O5/c1-19(2,3)14-9-12(20)5-8-17(14)27-11-18(23)21-15-7-6-13(26-4)10-16(15)22(24)25/h5-10H,11H2,1-4H3,(H,21,23). The molecule has 0 bridgehead atoms. The van der Waals surface area contributed by atoms with Gasteiger partial charge < -0.3 is 14.8 Å². The number of nitrogens with zero attached hydrogens (tertiary/aromatic N) is 1. The number of halogens is 1. The molecule has 1 amide bonds. The van der Waals surface area contributed by atoms with Crippen LogP contribution in [0.15, 0.2) is 40.9 Å². The predicted molar refractivity (Wildman–Crippen MR) is 107 cm³/mol. The van der Waals surface area contributed by atoms with E-state index in [1.807, 2.05) is 32.9 Å². The van der Waals surface area contributed by atoms with Gasteiger partial charge in [0.1, 0.15) is 17.2 Å². The number of nitro benzene ring substituents is 1. The van der Waals surface area contributed by atoms with E-state index in [1.54, 1.807) is 6.07 Å². The van der Waals surface area contributed by atoms with Gasteiger partial charge in [-0.3, -0.25) is 14.9 Å². The highest BCUT2D eigenvalue weighted by Crippen LogP contribution is 2.34. The van der Waals surface area contributed by atoms with Crippen LogP contribution in [0, 0.1) is 10.1 Å². The van der Waals surface area contributed by atoms with Crippen LogP contribution in [0.4, 0.5) is 11.4 Å². The normalized spacial score (nSPS) is 11.0. The average Bonchev–Trinajstić information content (AvgIpc) is 2.60. The second-order valence-electron chi connectivity index (χ2n) is 6.87. The maximum absolute atomic E-state index is 12.2. The summed E-state index contributed by atoms with van der Waals surface area (Å²) < 4.78 is 11.6. The lowest BCUT2D eigenvalue weighted by Gasteiger charge is -2.23. The Hall–Kier alpha value is -2.61. The molecule has 2 rings (SSSR count). The molecule has 0 saturated heterocycles. The van der Waals surface area contributed by atoms with Crippen molar-refractivity contribution < 1.29 is 19.2 Å². The third kappa shape index (κ3) is 5.43. The Bertz CT molecular complexity index is 862. The lowest BCUT2D eigenvalue weighted by molar-refractivity contribution is -0.384. The van der Waals surface area contributed by atoms with E-state index in [1.165, 1.54) is 25.3 Å². The van der Waals surface area contributed by atoms with Crippen LogP contribution in [0.1, 0.15) is 26.3 Å². The molecule has 1 N–H and O–H groups in total. The molecule has 0 radical (unpaired) electrons. The molecule has 0 saturated carbocycles. The molecule has 0 fully saturated rings. The van der Waals surface area contributed by atoms with Crippen molar-refractivity contribution >= 4 is 33.2 Å². The van der Waals surface area contributed by atoms with E-state index in [4.69, 9.17) is 9.47 Å². The number of amides is 1. The second-order valence-corrected chi connectivity index (χ2v) is 7.78. The molecule has 2 aromatic carbocycles. The van der Waals surface area contributed by atoms with E-state index >= 15 is 0 Å². The zero-order valence-electron chi connectivity index (χ0n) is 15.5. The van der Waals surface area contributed by atoms with E-state index in [9.17, 15) is 14.9 Å². The fourth-order valence-electron chi connectivity index (χ4n) is 2.44. The molecule has 0 aliphatic carbocycles. The van der Waals surface area contributed by atoms with Gasteiger partial charge >= 0.3 is 0 Å². The van der Waals surface area contributed by atoms with Gasteiger partial charge in [0.05, 0.1) is 18.1 Å². The summed E-state index contributed by atoms with van der Waals surface area (Å²) in [6, 6.07) is 9.78. The van der Waals surface area contributed by atoms with Crippen LogP contribution in [0.5, 0.6) is 11.5 Å². The van der Waals surface area contributed by atoms with Crippen LogP contribution in [0.2, 0.25) is 0 Å². The Morgan fingerprint density at radius 3 is 2.52 bits per heavy atom. The van der Waals surface area contributed by atoms with Crippen molar-refractivity contribution in [1.82, 2.24) is 0 Å². The SMILES string of the molecule is COc1ccc(NC(=O)COc2ccc(Br)cc2C(C)(C)C)c([N+](=O)[O-])c1. The van der Waals surface area contributed by atoms with Gasteiger partial charge in [0, 0.05) is 10.0 Å². The van der Waals surface area contributed by atoms with E-state index in [0.717, 1.165) is 10.0 Å². The van der Waals surface area contributed by atoms with Crippen molar-refractivity contribution in [1.29, 1.82) is 0 Å². The molecule has 2 aromatic rings. The number of methoxy groups -OCH3 is 1. The number of carbonyl (C=O) groups is 1. The lowest BCUT2D eigenvalue weighted by atomic mass is 9.86. The minimum atomic E-state index is -0.578. The zero-order valence-corrected chi connectivity index (χ0v) is 17.1. The summed E-state index contributed by atoms with van der Waals surface area (Å²) in [5, 5.41) is 13.7. The molecule has 0 aromatic heterocycles. The number of hydrogen-bond donors (Lipinski definition) is 1. The fraction of sp³-hybridized carbons (Fsp3) is 0.316. The summed E-state index contributed by atoms with van der Waals surface area (Å²) in [5.74, 6) is 0.428. The molecular formula is C19H21BrN2O5. The van der Waals surface area contributed by atoms with Gasteiger partial charge in [-0.1, -0.05) is 36.7 Å². The zero-order chi connectivity index (χ0) is 20.2. The molecule has 0 spiro atoms. The first-order valence-corrected chi connectivity index (χ1v) is 8.96. The number of rotatable bonds is 6. The molecule has 27 heavy (non-hydrogen) atoms. The minimum Gasteiger partial charge on any atom is -0.496 e. The first-order valence-electron chi connectivity index (χ1n) is 8.17. The van der Waals surface area contributed by atoms with Crippen LogP contribution in [0.25, 0.3) is 0 Å². The van der Waals surface area contributed by atoms with Crippen LogP contribution >= 0.6 is 15.9 Å². The number of hydrogen-bond acceptors (Lipinski definition) is 5. The maximum Gasteiger partial charge on any atom is 0.296 e. The summed E-state index contributed by atoms with van der Waals surface area (Å²) in [6.45, 7) is 5.86. The van der Waals surface area contributed by atoms with Crippen molar-refractivity contribution in [2.45, 2.75) is 26.2 Å². The van der Waals surface area contributed by atoms with Gasteiger partial charge in [0.25, 0.3) is 11.6 Å². The van der Waals surface area contributed by atoms with Crippen molar-refractivity contribution in [2.24, 2.45) is 0 Å². The number of benzene rings is 2. The molecule has 7 nitrogen and oxygen atoms in total. The summed E-state index contributed by atoms with van der Waals surface area (Å²) in [5.41, 5.74) is 0.604. The Morgan fingerprint density at radius 1 is 1.22 bits per heavy atom. The van der Waals surface area contributed by atoms with Crippen LogP contribution in [-0.4, -0.2) is 24.5 Å². The molecule has 0 heterocycles. The Balaban J connectivity index is 2.13. The molecule has 144 valence electrons. The van der Waals surface area contributed by atoms with E-state index in [2.05, 4.69) is 21.2 Å². The Kier molecular flexibility index (Phi) is 6.43. The van der Waals surface area contributed by atoms with Gasteiger partial charge in [-0.15, -0.1) is 0 Å². The van der Waals surface area contributed by atoms with Gasteiger partial charge in [0.2, 0.25) is 0 Å². The van der Waals surface area contributed by atoms with Crippen molar-refractivity contribution in [3.05, 3.63) is 56.5 Å². The number of ether oxygens (including phenoxy) is 2. The fourth-order valence-corrected chi connectivity index (χ4v) is 2.80. The van der Waals surface area contributed by atoms with Gasteiger partial charge in [-0.05, 0) is 35.7 Å². The van der Waals surface area contributed by atoms with Crippen molar-refractivity contribution in [3.63, 3.8) is 0 Å². The highest BCUT2D eigenvalue weighted by Gasteiger charge is 2.21. The summed E-state index contributed by atoms with van der Waals surface area (Å²) in [4.78, 5) is 22.9. The predicted octanol–water partition coefficient (Wildman–Crippen LogP) is 4.68. The molecular weight excluding hydrogens is 416 g/mol. The second kappa shape index (κ2) is 8.39. The van der Waals surface area contributed by atoms with Crippen LogP contribution in [-0.2, 0) is 10.2 Å². The number of nitro groups is 1. The first kappa shape index (κ1) is 20.7. The van der Waals surface area contributed by atoms with Crippen LogP contribution in [0.3, 0.4) is 0 Å². The first-order chi connectivity index (χ1) is 12.6. The summed E-state index contributed by atoms with van der Waals surface area (Å²) in [6.07, 6.45) is 0. The number of anilines is 1. The monoisotopic (exact) mass is 436 g/mol. The Labute approximate surface area is 166 Å². The molecule has 0 aliphatic rings. The summed E-state index contributed by atoms with van der Waals surface area (Å²) >= 11 is 3.44. The smallest absolute Gasteiger partial charge is 0.296 e. The molecule has 0 unspecified atom stereocenters. The number of carbonyl (C=O) groups excluding carboxylic acids is 1. The molecule has 8 heteroatoms. The number of nitrogens with one attached hydrogen (secondary N) is 1. The Morgan fingerprint density at radius 2 is 1.93 bits per heavy atom. The highest BCUT2D eigenvalue weighted by molar-refractivity contribution is 9.10. The largest absolute Gasteiger partial charge is 0.496 e. The van der Waals surface area contributed by atoms with Crippen LogP contribution < -0.4 is 14.8 Å².